The van der Waals surface area contributed by atoms with Gasteiger partial charge in [-0.25, -0.2) is 4.79 Å². The van der Waals surface area contributed by atoms with Gasteiger partial charge < -0.3 is 4.74 Å². The van der Waals surface area contributed by atoms with Gasteiger partial charge in [-0.15, -0.1) is 0 Å². The molecule has 0 bridgehead atoms. The highest BCUT2D eigenvalue weighted by molar-refractivity contribution is 9.10. The number of ether oxygens (including phenoxy) is 1. The van der Waals surface area contributed by atoms with Crippen molar-refractivity contribution in [2.45, 2.75) is 12.0 Å². The van der Waals surface area contributed by atoms with Crippen LogP contribution in [0.4, 0.5) is 4.79 Å². The van der Waals surface area contributed by atoms with Crippen LogP contribution in [0.15, 0.2) is 22.7 Å². The zero-order chi connectivity index (χ0) is 12.2. The monoisotopic (exact) mass is 295 g/mol. The number of halogens is 1. The zero-order valence-corrected chi connectivity index (χ0v) is 10.0. The number of alkyl carbamates (subject to hydrolysis) is 1. The van der Waals surface area contributed by atoms with Gasteiger partial charge in [-0.2, -0.15) is 0 Å². The molecule has 3 rings (SSSR count). The van der Waals surface area contributed by atoms with E-state index in [1.807, 2.05) is 0 Å². The van der Waals surface area contributed by atoms with Gasteiger partial charge in [0.25, 0.3) is 5.91 Å². The van der Waals surface area contributed by atoms with Gasteiger partial charge in [-0.1, -0.05) is 22.0 Å². The van der Waals surface area contributed by atoms with Gasteiger partial charge in [0.1, 0.15) is 0 Å². The van der Waals surface area contributed by atoms with Crippen molar-refractivity contribution in [3.8, 4) is 0 Å². The first-order chi connectivity index (χ1) is 8.03. The van der Waals surface area contributed by atoms with Gasteiger partial charge in [0, 0.05) is 15.6 Å². The number of ketones is 1. The number of hydrogen-bond acceptors (Lipinski definition) is 4. The average molecular weight is 296 g/mol. The highest BCUT2D eigenvalue weighted by atomic mass is 79.9. The molecule has 1 aliphatic heterocycles. The molecule has 1 aromatic rings. The van der Waals surface area contributed by atoms with E-state index < -0.39 is 17.6 Å². The number of nitrogens with one attached hydrogen (secondary N) is 1. The van der Waals surface area contributed by atoms with Crippen LogP contribution in [0.2, 0.25) is 0 Å². The number of imide groups is 1. The standard InChI is InChI=1S/C11H6BrNO4/c12-5-1-2-7-6(3-5)8(14)4-11(7)9(15)13-10(16)17-11/h1-3H,4H2,(H,13,15,16)/t11-/m1/s1. The number of carbonyl (C=O) groups is 3. The van der Waals surface area contributed by atoms with Crippen molar-refractivity contribution in [1.82, 2.24) is 5.32 Å². The fraction of sp³-hybridized carbons (Fsp3) is 0.182. The molecule has 0 unspecified atom stereocenters. The fourth-order valence-electron chi connectivity index (χ4n) is 2.23. The molecule has 0 aromatic heterocycles. The molecular weight excluding hydrogens is 290 g/mol. The Hall–Kier alpha value is -1.69. The Bertz CT molecular complexity index is 583. The van der Waals surface area contributed by atoms with E-state index >= 15 is 0 Å². The van der Waals surface area contributed by atoms with Crippen LogP contribution in [-0.2, 0) is 15.1 Å². The molecule has 17 heavy (non-hydrogen) atoms. The van der Waals surface area contributed by atoms with E-state index in [2.05, 4.69) is 21.2 Å². The molecule has 1 atom stereocenters. The largest absolute Gasteiger partial charge is 0.427 e. The summed E-state index contributed by atoms with van der Waals surface area (Å²) in [6, 6.07) is 4.97. The molecule has 1 aliphatic carbocycles. The Labute approximate surface area is 104 Å². The number of carbonyl (C=O) groups excluding carboxylic acids is 3. The minimum absolute atomic E-state index is 0.129. The van der Waals surface area contributed by atoms with E-state index in [1.165, 1.54) is 0 Å². The molecule has 1 N–H and O–H groups in total. The Morgan fingerprint density at radius 1 is 1.29 bits per heavy atom. The summed E-state index contributed by atoms with van der Waals surface area (Å²) in [4.78, 5) is 34.7. The lowest BCUT2D eigenvalue weighted by molar-refractivity contribution is -0.131. The molecule has 1 heterocycles. The Morgan fingerprint density at radius 2 is 2.06 bits per heavy atom. The van der Waals surface area contributed by atoms with E-state index in [1.54, 1.807) is 18.2 Å². The molecule has 5 nitrogen and oxygen atoms in total. The summed E-state index contributed by atoms with van der Waals surface area (Å²) >= 11 is 3.26. The van der Waals surface area contributed by atoms with Gasteiger partial charge in [0.2, 0.25) is 5.60 Å². The van der Waals surface area contributed by atoms with Crippen LogP contribution in [-0.4, -0.2) is 17.8 Å². The lowest BCUT2D eigenvalue weighted by Gasteiger charge is -2.18. The van der Waals surface area contributed by atoms with Crippen LogP contribution in [0.1, 0.15) is 22.3 Å². The van der Waals surface area contributed by atoms with Crippen molar-refractivity contribution in [2.24, 2.45) is 0 Å². The third kappa shape index (κ3) is 1.27. The van der Waals surface area contributed by atoms with E-state index in [9.17, 15) is 14.4 Å². The van der Waals surface area contributed by atoms with Crippen LogP contribution in [0.3, 0.4) is 0 Å². The summed E-state index contributed by atoms with van der Waals surface area (Å²) in [6.07, 6.45) is -0.935. The van der Waals surface area contributed by atoms with Crippen LogP contribution >= 0.6 is 15.9 Å². The second kappa shape index (κ2) is 3.16. The molecule has 1 spiro atoms. The first kappa shape index (κ1) is 10.5. The SMILES string of the molecule is O=C1NC(=O)[C@]2(CC(=O)c3cc(Br)ccc32)O1. The molecule has 1 fully saturated rings. The normalized spacial score (nSPS) is 26.1. The maximum Gasteiger partial charge on any atom is 0.415 e. The van der Waals surface area contributed by atoms with Crippen molar-refractivity contribution in [2.75, 3.05) is 0 Å². The van der Waals surface area contributed by atoms with Crippen molar-refractivity contribution in [1.29, 1.82) is 0 Å². The number of hydrogen-bond donors (Lipinski definition) is 1. The molecule has 1 saturated heterocycles. The smallest absolute Gasteiger partial charge is 0.415 e. The van der Waals surface area contributed by atoms with Gasteiger partial charge in [-0.05, 0) is 12.1 Å². The maximum absolute atomic E-state index is 11.8. The van der Waals surface area contributed by atoms with Crippen LogP contribution in [0.25, 0.3) is 0 Å². The fourth-order valence-corrected chi connectivity index (χ4v) is 2.59. The number of Topliss-reactive ketones (excluding diaryl/α,β-unsaturated/α-hetero) is 1. The first-order valence-electron chi connectivity index (χ1n) is 4.90. The molecule has 86 valence electrons. The highest BCUT2D eigenvalue weighted by Gasteiger charge is 2.57. The molecule has 0 saturated carbocycles. The topological polar surface area (TPSA) is 72.5 Å². The molecule has 1 aromatic carbocycles. The van der Waals surface area contributed by atoms with E-state index in [0.717, 1.165) is 4.47 Å². The summed E-state index contributed by atoms with van der Waals surface area (Å²) < 4.78 is 5.77. The van der Waals surface area contributed by atoms with Gasteiger partial charge in [-0.3, -0.25) is 14.9 Å². The Morgan fingerprint density at radius 3 is 2.71 bits per heavy atom. The lowest BCUT2D eigenvalue weighted by Crippen LogP contribution is -2.34. The zero-order valence-electron chi connectivity index (χ0n) is 8.45. The van der Waals surface area contributed by atoms with E-state index in [-0.39, 0.29) is 12.2 Å². The van der Waals surface area contributed by atoms with Crippen LogP contribution < -0.4 is 5.32 Å². The Balaban J connectivity index is 2.23. The minimum atomic E-state index is -1.45. The third-order valence-electron chi connectivity index (χ3n) is 2.98. The van der Waals surface area contributed by atoms with Crippen LogP contribution in [0, 0.1) is 0 Å². The number of rotatable bonds is 0. The molecule has 6 heteroatoms. The summed E-state index contributed by atoms with van der Waals surface area (Å²) in [6.45, 7) is 0. The maximum atomic E-state index is 11.8. The summed E-state index contributed by atoms with van der Waals surface area (Å²) in [5, 5.41) is 2.06. The summed E-state index contributed by atoms with van der Waals surface area (Å²) in [7, 11) is 0. The van der Waals surface area contributed by atoms with E-state index in [4.69, 9.17) is 4.74 Å². The van der Waals surface area contributed by atoms with Crippen molar-refractivity contribution in [3.63, 3.8) is 0 Å². The van der Waals surface area contributed by atoms with Crippen LogP contribution in [0.5, 0.6) is 0 Å². The minimum Gasteiger partial charge on any atom is -0.427 e. The molecule has 0 radical (unpaired) electrons. The second-order valence-electron chi connectivity index (χ2n) is 3.96. The summed E-state index contributed by atoms with van der Waals surface area (Å²) in [5.74, 6) is -0.775. The predicted octanol–water partition coefficient (Wildman–Crippen LogP) is 1.50. The van der Waals surface area contributed by atoms with Gasteiger partial charge in [0.05, 0.1) is 6.42 Å². The molecule has 2 aliphatic rings. The highest BCUT2D eigenvalue weighted by Crippen LogP contribution is 2.43. The lowest BCUT2D eigenvalue weighted by atomic mass is 9.95. The average Bonchev–Trinajstić information content (AvgIpc) is 2.67. The number of fused-ring (bicyclic) bond motifs is 2. The number of benzene rings is 1. The molecular formula is C11H6BrNO4. The van der Waals surface area contributed by atoms with Gasteiger partial charge >= 0.3 is 6.09 Å². The third-order valence-corrected chi connectivity index (χ3v) is 3.47. The van der Waals surface area contributed by atoms with E-state index in [0.29, 0.717) is 11.1 Å². The van der Waals surface area contributed by atoms with Crippen molar-refractivity contribution in [3.05, 3.63) is 33.8 Å². The second-order valence-corrected chi connectivity index (χ2v) is 4.88. The predicted molar refractivity (Wildman–Crippen MR) is 59.4 cm³/mol. The Kier molecular flexibility index (Phi) is 1.95. The number of amides is 2. The van der Waals surface area contributed by atoms with Crippen molar-refractivity contribution >= 4 is 33.7 Å². The van der Waals surface area contributed by atoms with Crippen molar-refractivity contribution < 1.29 is 19.1 Å². The molecule has 2 amide bonds. The van der Waals surface area contributed by atoms with Gasteiger partial charge in [0.15, 0.2) is 5.78 Å². The quantitative estimate of drug-likeness (QED) is 0.787. The first-order valence-corrected chi connectivity index (χ1v) is 5.70. The summed E-state index contributed by atoms with van der Waals surface area (Å²) in [5.41, 5.74) is -0.581.